The second-order valence-electron chi connectivity index (χ2n) is 7.40. The molecule has 0 spiro atoms. The summed E-state index contributed by atoms with van der Waals surface area (Å²) in [6.45, 7) is 8.13. The highest BCUT2D eigenvalue weighted by atomic mass is 19.1. The predicted molar refractivity (Wildman–Crippen MR) is 133 cm³/mol. The van der Waals surface area contributed by atoms with E-state index in [-0.39, 0.29) is 19.0 Å². The Kier molecular flexibility index (Phi) is 8.45. The van der Waals surface area contributed by atoms with E-state index in [1.807, 2.05) is 25.1 Å². The summed E-state index contributed by atoms with van der Waals surface area (Å²) in [6, 6.07) is 9.78. The molecule has 0 aliphatic heterocycles. The molecule has 0 radical (unpaired) electrons. The molecule has 0 aliphatic carbocycles. The van der Waals surface area contributed by atoms with Crippen molar-refractivity contribution in [2.24, 2.45) is 4.99 Å². The van der Waals surface area contributed by atoms with Gasteiger partial charge in [-0.05, 0) is 60.9 Å². The number of fused-ring (bicyclic) bond motifs is 1. The number of allylic oxidation sites excluding steroid dienone is 1. The van der Waals surface area contributed by atoms with Crippen LogP contribution in [0.15, 0.2) is 72.0 Å². The van der Waals surface area contributed by atoms with Crippen molar-refractivity contribution in [3.05, 3.63) is 72.8 Å². The number of hydrogen-bond donors (Lipinski definition) is 1. The number of ether oxygens (including phenoxy) is 2. The highest BCUT2D eigenvalue weighted by Crippen LogP contribution is 2.34. The molecule has 0 aliphatic rings. The van der Waals surface area contributed by atoms with Gasteiger partial charge in [-0.25, -0.2) is 19.2 Å². The van der Waals surface area contributed by atoms with Gasteiger partial charge in [0.25, 0.3) is 0 Å². The maximum absolute atomic E-state index is 13.5. The number of rotatable bonds is 10. The van der Waals surface area contributed by atoms with Crippen molar-refractivity contribution in [2.75, 3.05) is 32.1 Å². The van der Waals surface area contributed by atoms with Crippen molar-refractivity contribution in [3.63, 3.8) is 0 Å². The zero-order chi connectivity index (χ0) is 24.5. The Bertz CT molecular complexity index is 1240. The summed E-state index contributed by atoms with van der Waals surface area (Å²) in [5.74, 6) is 0.155. The minimum Gasteiger partial charge on any atom is -0.480 e. The van der Waals surface area contributed by atoms with E-state index in [9.17, 15) is 9.18 Å². The molecule has 34 heavy (non-hydrogen) atoms. The van der Waals surface area contributed by atoms with Crippen molar-refractivity contribution in [1.29, 1.82) is 0 Å². The lowest BCUT2D eigenvalue weighted by Crippen LogP contribution is -2.15. The van der Waals surface area contributed by atoms with Gasteiger partial charge in [-0.2, -0.15) is 0 Å². The first-order valence-electron chi connectivity index (χ1n) is 10.8. The first kappa shape index (κ1) is 24.6. The van der Waals surface area contributed by atoms with Crippen LogP contribution in [0.4, 0.5) is 10.2 Å². The maximum Gasteiger partial charge on any atom is 0.344 e. The van der Waals surface area contributed by atoms with E-state index in [4.69, 9.17) is 9.47 Å². The number of carbonyl (C=O) groups is 1. The lowest BCUT2D eigenvalue weighted by Gasteiger charge is -2.14. The zero-order valence-corrected chi connectivity index (χ0v) is 19.5. The van der Waals surface area contributed by atoms with Crippen LogP contribution in [0.1, 0.15) is 13.8 Å². The largest absolute Gasteiger partial charge is 0.480 e. The Morgan fingerprint density at radius 1 is 1.18 bits per heavy atom. The third kappa shape index (κ3) is 6.48. The van der Waals surface area contributed by atoms with Gasteiger partial charge in [-0.3, -0.25) is 4.99 Å². The topological polar surface area (TPSA) is 85.7 Å². The highest BCUT2D eigenvalue weighted by molar-refractivity contribution is 5.97. The third-order valence-electron chi connectivity index (χ3n) is 4.93. The van der Waals surface area contributed by atoms with Gasteiger partial charge >= 0.3 is 5.97 Å². The Morgan fingerprint density at radius 3 is 2.65 bits per heavy atom. The Hall–Kier alpha value is -4.07. The average Bonchev–Trinajstić information content (AvgIpc) is 2.84. The molecule has 0 bridgehead atoms. The first-order valence-corrected chi connectivity index (χ1v) is 10.8. The van der Waals surface area contributed by atoms with Gasteiger partial charge in [0.15, 0.2) is 6.61 Å². The minimum absolute atomic E-state index is 0.261. The number of anilines is 1. The molecular weight excluding hydrogens is 435 g/mol. The number of nitrogens with zero attached hydrogens (tertiary/aromatic N) is 3. The van der Waals surface area contributed by atoms with Gasteiger partial charge in [0, 0.05) is 24.7 Å². The Labute approximate surface area is 198 Å². The first-order chi connectivity index (χ1) is 16.4. The molecule has 3 rings (SSSR count). The molecule has 1 aromatic heterocycles. The van der Waals surface area contributed by atoms with Crippen molar-refractivity contribution < 1.29 is 18.7 Å². The molecule has 0 atom stereocenters. The van der Waals surface area contributed by atoms with Gasteiger partial charge in [0.2, 0.25) is 0 Å². The molecule has 0 amide bonds. The fourth-order valence-electron chi connectivity index (χ4n) is 3.10. The molecule has 2 aromatic carbocycles. The number of nitrogens with one attached hydrogen (secondary N) is 1. The fourth-order valence-corrected chi connectivity index (χ4v) is 3.10. The van der Waals surface area contributed by atoms with Gasteiger partial charge in [0.05, 0.1) is 6.61 Å². The lowest BCUT2D eigenvalue weighted by atomic mass is 10.0. The van der Waals surface area contributed by atoms with E-state index in [1.165, 1.54) is 18.5 Å². The number of aliphatic imine (C=N–C) groups is 1. The number of esters is 1. The quantitative estimate of drug-likeness (QED) is 0.259. The van der Waals surface area contributed by atoms with Crippen molar-refractivity contribution >= 4 is 28.4 Å². The molecule has 0 unspecified atom stereocenters. The maximum atomic E-state index is 13.5. The third-order valence-corrected chi connectivity index (χ3v) is 4.93. The Morgan fingerprint density at radius 2 is 1.94 bits per heavy atom. The van der Waals surface area contributed by atoms with Crippen molar-refractivity contribution in [2.45, 2.75) is 13.8 Å². The van der Waals surface area contributed by atoms with E-state index in [2.05, 4.69) is 26.9 Å². The summed E-state index contributed by atoms with van der Waals surface area (Å²) >= 11 is 0. The number of aromatic nitrogens is 2. The van der Waals surface area contributed by atoms with Crippen LogP contribution in [0.2, 0.25) is 0 Å². The molecule has 8 heteroatoms. The van der Waals surface area contributed by atoms with E-state index in [0.29, 0.717) is 29.0 Å². The molecule has 0 saturated carbocycles. The molecule has 3 aromatic rings. The van der Waals surface area contributed by atoms with Gasteiger partial charge in [-0.15, -0.1) is 0 Å². The molecule has 1 N–H and O–H groups in total. The normalized spacial score (nSPS) is 11.6. The van der Waals surface area contributed by atoms with Crippen LogP contribution in [0.5, 0.6) is 5.75 Å². The van der Waals surface area contributed by atoms with E-state index in [0.717, 1.165) is 22.4 Å². The second-order valence-corrected chi connectivity index (χ2v) is 7.40. The summed E-state index contributed by atoms with van der Waals surface area (Å²) in [4.78, 5) is 24.7. The highest BCUT2D eigenvalue weighted by Gasteiger charge is 2.14. The van der Waals surface area contributed by atoms with Crippen molar-refractivity contribution in [3.8, 4) is 16.9 Å². The number of hydrogen-bond acceptors (Lipinski definition) is 7. The summed E-state index contributed by atoms with van der Waals surface area (Å²) in [5, 5.41) is 3.97. The molecule has 0 fully saturated rings. The summed E-state index contributed by atoms with van der Waals surface area (Å²) in [5.41, 5.74) is 3.80. The van der Waals surface area contributed by atoms with Gasteiger partial charge in [-0.1, -0.05) is 24.8 Å². The average molecular weight is 463 g/mol. The number of benzene rings is 2. The van der Waals surface area contributed by atoms with E-state index in [1.54, 1.807) is 32.2 Å². The molecule has 7 nitrogen and oxygen atoms in total. The van der Waals surface area contributed by atoms with Crippen LogP contribution < -0.4 is 10.1 Å². The van der Waals surface area contributed by atoms with Crippen LogP contribution in [0, 0.1) is 5.82 Å². The van der Waals surface area contributed by atoms with Gasteiger partial charge < -0.3 is 14.8 Å². The molecule has 176 valence electrons. The van der Waals surface area contributed by atoms with E-state index >= 15 is 0 Å². The standard InChI is InChI=1S/C26H27FN4O3/c1-5-33-24(32)15-34-23-13-20(19-8-10-21(27)11-9-19)12-22-25(23)30-16-31-26(22)29-14-17(2)6-7-18(3)28-4/h6-13,16H,2,5,14-15H2,1,3-4H3,(H,29,30,31)/b7-6-,28-18?. The van der Waals surface area contributed by atoms with Crippen LogP contribution in [0.3, 0.4) is 0 Å². The summed E-state index contributed by atoms with van der Waals surface area (Å²) in [7, 11) is 1.73. The molecule has 1 heterocycles. The predicted octanol–water partition coefficient (Wildman–Crippen LogP) is 4.99. The van der Waals surface area contributed by atoms with Crippen molar-refractivity contribution in [1.82, 2.24) is 9.97 Å². The van der Waals surface area contributed by atoms with Crippen LogP contribution >= 0.6 is 0 Å². The van der Waals surface area contributed by atoms with Crippen LogP contribution in [-0.4, -0.2) is 48.5 Å². The van der Waals surface area contributed by atoms with E-state index < -0.39 is 5.97 Å². The molecular formula is C26H27FN4O3. The summed E-state index contributed by atoms with van der Waals surface area (Å²) in [6.07, 6.45) is 5.19. The summed E-state index contributed by atoms with van der Waals surface area (Å²) < 4.78 is 24.2. The second kappa shape index (κ2) is 11.7. The van der Waals surface area contributed by atoms with Gasteiger partial charge in [0.1, 0.15) is 29.2 Å². The Balaban J connectivity index is 1.98. The zero-order valence-electron chi connectivity index (χ0n) is 19.5. The lowest BCUT2D eigenvalue weighted by molar-refractivity contribution is -0.145. The number of halogens is 1. The minimum atomic E-state index is -0.482. The fraction of sp³-hybridized carbons (Fsp3) is 0.231. The monoisotopic (exact) mass is 462 g/mol. The SMILES string of the molecule is C=C(/C=C\C(C)=NC)CNc1ncnc2c(OCC(=O)OCC)cc(-c3ccc(F)cc3)cc12. The number of carbonyl (C=O) groups excluding carboxylic acids is 1. The van der Waals surface area contributed by atoms with Crippen LogP contribution in [-0.2, 0) is 9.53 Å². The smallest absolute Gasteiger partial charge is 0.344 e. The van der Waals surface area contributed by atoms with Crippen LogP contribution in [0.25, 0.3) is 22.0 Å². The molecule has 0 saturated heterocycles.